The number of carbonyl (C=O) groups excluding carboxylic acids is 1. The Morgan fingerprint density at radius 3 is 2.45 bits per heavy atom. The molecule has 0 fully saturated rings. The quantitative estimate of drug-likeness (QED) is 0.786. The molecule has 22 heavy (non-hydrogen) atoms. The van der Waals surface area contributed by atoms with Gasteiger partial charge in [-0.2, -0.15) is 4.72 Å². The third kappa shape index (κ3) is 5.15. The summed E-state index contributed by atoms with van der Waals surface area (Å²) in [4.78, 5) is 11.8. The molecule has 1 aromatic rings. The monoisotopic (exact) mass is 348 g/mol. The van der Waals surface area contributed by atoms with Gasteiger partial charge in [0, 0.05) is 6.54 Å². The molecule has 0 aliphatic carbocycles. The molecule has 0 aliphatic rings. The number of amides is 1. The number of hydrogen-bond donors (Lipinski definition) is 2. The van der Waals surface area contributed by atoms with Gasteiger partial charge >= 0.3 is 0 Å². The van der Waals surface area contributed by atoms with Crippen molar-refractivity contribution < 1.29 is 17.9 Å². The van der Waals surface area contributed by atoms with Crippen LogP contribution in [0.2, 0.25) is 5.02 Å². The van der Waals surface area contributed by atoms with Crippen molar-refractivity contribution in [1.82, 2.24) is 10.0 Å². The fraction of sp³-hybridized carbons (Fsp3) is 0.500. The first-order chi connectivity index (χ1) is 10.2. The molecule has 1 unspecified atom stereocenters. The Hall–Kier alpha value is -1.31. The maximum atomic E-state index is 12.2. The molecule has 0 radical (unpaired) electrons. The van der Waals surface area contributed by atoms with Crippen molar-refractivity contribution >= 4 is 27.5 Å². The summed E-state index contributed by atoms with van der Waals surface area (Å²) in [5.74, 6) is 0.286. The van der Waals surface area contributed by atoms with Crippen molar-refractivity contribution in [1.29, 1.82) is 0 Å². The largest absolute Gasteiger partial charge is 0.495 e. The molecule has 1 atom stereocenters. The number of hydrogen-bond acceptors (Lipinski definition) is 4. The Balaban J connectivity index is 2.82. The predicted octanol–water partition coefficient (Wildman–Crippen LogP) is 1.79. The van der Waals surface area contributed by atoms with Crippen LogP contribution in [0.3, 0.4) is 0 Å². The van der Waals surface area contributed by atoms with Gasteiger partial charge in [0.25, 0.3) is 0 Å². The number of methoxy groups -OCH3 is 1. The van der Waals surface area contributed by atoms with Crippen molar-refractivity contribution in [2.75, 3.05) is 13.7 Å². The fourth-order valence-electron chi connectivity index (χ4n) is 1.63. The maximum absolute atomic E-state index is 12.2. The smallest absolute Gasteiger partial charge is 0.241 e. The molecule has 0 saturated carbocycles. The molecule has 8 heteroatoms. The van der Waals surface area contributed by atoms with Gasteiger partial charge in [-0.3, -0.25) is 4.79 Å². The second-order valence-corrected chi connectivity index (χ2v) is 7.40. The molecule has 0 heterocycles. The summed E-state index contributed by atoms with van der Waals surface area (Å²) in [6.07, 6.45) is 0. The van der Waals surface area contributed by atoms with Crippen molar-refractivity contribution in [3.8, 4) is 5.75 Å². The molecule has 1 rings (SSSR count). The summed E-state index contributed by atoms with van der Waals surface area (Å²) in [6.45, 7) is 5.88. The standard InChI is InChI=1S/C14H21ClN2O4S/c1-9(2)8-16-14(18)10(3)17-22(19,20)11-5-6-13(21-4)12(15)7-11/h5-7,9-10,17H,8H2,1-4H3,(H,16,18). The minimum atomic E-state index is -3.84. The molecule has 2 N–H and O–H groups in total. The van der Waals surface area contributed by atoms with E-state index < -0.39 is 16.1 Å². The summed E-state index contributed by atoms with van der Waals surface area (Å²) in [5, 5.41) is 2.86. The summed E-state index contributed by atoms with van der Waals surface area (Å²) in [5.41, 5.74) is 0. The van der Waals surface area contributed by atoms with E-state index >= 15 is 0 Å². The average molecular weight is 349 g/mol. The summed E-state index contributed by atoms with van der Waals surface area (Å²) >= 11 is 5.92. The van der Waals surface area contributed by atoms with Gasteiger partial charge in [-0.25, -0.2) is 8.42 Å². The molecular formula is C14H21ClN2O4S. The van der Waals surface area contributed by atoms with E-state index in [0.717, 1.165) is 0 Å². The van der Waals surface area contributed by atoms with Gasteiger partial charge in [0.1, 0.15) is 5.75 Å². The Bertz CT molecular complexity index is 632. The van der Waals surface area contributed by atoms with E-state index in [1.807, 2.05) is 13.8 Å². The van der Waals surface area contributed by atoms with E-state index in [2.05, 4.69) is 10.0 Å². The first-order valence-electron chi connectivity index (χ1n) is 6.81. The lowest BCUT2D eigenvalue weighted by Crippen LogP contribution is -2.45. The van der Waals surface area contributed by atoms with Gasteiger partial charge in [0.2, 0.25) is 15.9 Å². The highest BCUT2D eigenvalue weighted by Crippen LogP contribution is 2.26. The van der Waals surface area contributed by atoms with Crippen molar-refractivity contribution in [3.63, 3.8) is 0 Å². The Morgan fingerprint density at radius 1 is 1.32 bits per heavy atom. The van der Waals surface area contributed by atoms with Crippen LogP contribution in [0.5, 0.6) is 5.75 Å². The van der Waals surface area contributed by atoms with Crippen LogP contribution in [0.15, 0.2) is 23.1 Å². The first kappa shape index (κ1) is 18.7. The first-order valence-corrected chi connectivity index (χ1v) is 8.67. The third-order valence-electron chi connectivity index (χ3n) is 2.84. The fourth-order valence-corrected chi connectivity index (χ4v) is 3.18. The van der Waals surface area contributed by atoms with E-state index in [9.17, 15) is 13.2 Å². The van der Waals surface area contributed by atoms with Gasteiger partial charge in [0.15, 0.2) is 0 Å². The Kier molecular flexibility index (Phi) is 6.65. The molecule has 0 spiro atoms. The topological polar surface area (TPSA) is 84.5 Å². The van der Waals surface area contributed by atoms with Crippen LogP contribution in [-0.2, 0) is 14.8 Å². The van der Waals surface area contributed by atoms with E-state index in [1.165, 1.54) is 32.2 Å². The molecule has 0 bridgehead atoms. The molecule has 1 aromatic carbocycles. The number of carbonyl (C=O) groups is 1. The van der Waals surface area contributed by atoms with Gasteiger partial charge in [-0.1, -0.05) is 25.4 Å². The van der Waals surface area contributed by atoms with Crippen molar-refractivity contribution in [3.05, 3.63) is 23.2 Å². The molecular weight excluding hydrogens is 328 g/mol. The SMILES string of the molecule is COc1ccc(S(=O)(=O)NC(C)C(=O)NCC(C)C)cc1Cl. The number of nitrogens with one attached hydrogen (secondary N) is 2. The minimum absolute atomic E-state index is 0.0261. The number of rotatable bonds is 7. The molecule has 6 nitrogen and oxygen atoms in total. The van der Waals surface area contributed by atoms with Crippen LogP contribution in [0.1, 0.15) is 20.8 Å². The van der Waals surface area contributed by atoms with Gasteiger partial charge in [-0.05, 0) is 31.0 Å². The predicted molar refractivity (Wildman–Crippen MR) is 85.6 cm³/mol. The summed E-state index contributed by atoms with van der Waals surface area (Å²) < 4.78 is 31.8. The van der Waals surface area contributed by atoms with Gasteiger partial charge in [0.05, 0.1) is 23.1 Å². The van der Waals surface area contributed by atoms with Gasteiger partial charge < -0.3 is 10.1 Å². The lowest BCUT2D eigenvalue weighted by Gasteiger charge is -2.16. The lowest BCUT2D eigenvalue weighted by molar-refractivity contribution is -0.122. The molecule has 1 amide bonds. The highest BCUT2D eigenvalue weighted by molar-refractivity contribution is 7.89. The number of benzene rings is 1. The zero-order valence-corrected chi connectivity index (χ0v) is 14.6. The van der Waals surface area contributed by atoms with Crippen LogP contribution in [-0.4, -0.2) is 34.0 Å². The Morgan fingerprint density at radius 2 is 1.95 bits per heavy atom. The zero-order valence-electron chi connectivity index (χ0n) is 13.0. The number of ether oxygens (including phenoxy) is 1. The zero-order chi connectivity index (χ0) is 16.9. The lowest BCUT2D eigenvalue weighted by atomic mass is 10.2. The maximum Gasteiger partial charge on any atom is 0.241 e. The van der Waals surface area contributed by atoms with Crippen LogP contribution in [0, 0.1) is 5.92 Å². The van der Waals surface area contributed by atoms with Crippen LogP contribution < -0.4 is 14.8 Å². The Labute approximate surface area is 136 Å². The van der Waals surface area contributed by atoms with Crippen molar-refractivity contribution in [2.45, 2.75) is 31.7 Å². The summed E-state index contributed by atoms with van der Waals surface area (Å²) in [6, 6.07) is 3.22. The highest BCUT2D eigenvalue weighted by atomic mass is 35.5. The van der Waals surface area contributed by atoms with Crippen LogP contribution in [0.25, 0.3) is 0 Å². The van der Waals surface area contributed by atoms with Crippen molar-refractivity contribution in [2.24, 2.45) is 5.92 Å². The second kappa shape index (κ2) is 7.80. The second-order valence-electron chi connectivity index (χ2n) is 5.28. The van der Waals surface area contributed by atoms with E-state index in [0.29, 0.717) is 12.3 Å². The molecule has 0 saturated heterocycles. The average Bonchev–Trinajstić information content (AvgIpc) is 2.43. The molecule has 0 aromatic heterocycles. The molecule has 124 valence electrons. The highest BCUT2D eigenvalue weighted by Gasteiger charge is 2.22. The van der Waals surface area contributed by atoms with E-state index in [4.69, 9.17) is 16.3 Å². The van der Waals surface area contributed by atoms with Crippen LogP contribution >= 0.6 is 11.6 Å². The third-order valence-corrected chi connectivity index (χ3v) is 4.68. The summed E-state index contributed by atoms with van der Waals surface area (Å²) in [7, 11) is -2.40. The number of halogens is 1. The number of sulfonamides is 1. The van der Waals surface area contributed by atoms with E-state index in [1.54, 1.807) is 0 Å². The normalized spacial score (nSPS) is 13.0. The van der Waals surface area contributed by atoms with E-state index in [-0.39, 0.29) is 21.7 Å². The van der Waals surface area contributed by atoms with Gasteiger partial charge in [-0.15, -0.1) is 0 Å². The molecule has 0 aliphatic heterocycles. The van der Waals surface area contributed by atoms with Crippen LogP contribution in [0.4, 0.5) is 0 Å². The minimum Gasteiger partial charge on any atom is -0.495 e.